The summed E-state index contributed by atoms with van der Waals surface area (Å²) in [5.41, 5.74) is 2.65. The monoisotopic (exact) mass is 627 g/mol. The second-order valence-corrected chi connectivity index (χ2v) is 15.5. The molecule has 1 N–H and O–H groups in total. The normalized spacial score (nSPS) is 24.9. The van der Waals surface area contributed by atoms with Crippen LogP contribution < -0.4 is 9.62 Å². The number of anilines is 1. The van der Waals surface area contributed by atoms with Crippen LogP contribution in [0.2, 0.25) is 5.02 Å². The molecule has 6 rings (SSSR count). The van der Waals surface area contributed by atoms with Gasteiger partial charge in [0.1, 0.15) is 12.6 Å². The fourth-order valence-electron chi connectivity index (χ4n) is 8.29. The lowest BCUT2D eigenvalue weighted by molar-refractivity contribution is -0.140. The van der Waals surface area contributed by atoms with Gasteiger partial charge in [-0.25, -0.2) is 8.42 Å². The standard InChI is InChI=1S/C34H46ClN3O4S/c1-4-6-15-36-33(40)31(5-2)37(22-27-9-7-8-10-30(27)35)32(39)23-38(43(3,41)42)29-13-11-28(12-14-29)34-19-24-16-25(20-34)18-26(17-24)21-34/h7-14,24-26,31H,4-6,15-23H2,1-3H3,(H,36,40)/t24?,25?,26?,31-,34?/m1/s1. The Morgan fingerprint density at radius 2 is 1.58 bits per heavy atom. The number of hydrogen-bond donors (Lipinski definition) is 1. The van der Waals surface area contributed by atoms with Gasteiger partial charge in [-0.1, -0.05) is 62.2 Å². The first kappa shape index (κ1) is 31.8. The Labute approximate surface area is 262 Å². The van der Waals surface area contributed by atoms with Crippen LogP contribution >= 0.6 is 11.6 Å². The number of carbonyl (C=O) groups is 2. The molecule has 4 aliphatic carbocycles. The number of benzene rings is 2. The molecule has 2 aromatic carbocycles. The van der Waals surface area contributed by atoms with E-state index in [9.17, 15) is 18.0 Å². The Hall–Kier alpha value is -2.58. The van der Waals surface area contributed by atoms with Crippen LogP contribution in [0.1, 0.15) is 82.8 Å². The molecule has 4 bridgehead atoms. The Morgan fingerprint density at radius 3 is 2.12 bits per heavy atom. The lowest BCUT2D eigenvalue weighted by atomic mass is 9.48. The summed E-state index contributed by atoms with van der Waals surface area (Å²) in [6, 6.07) is 14.3. The van der Waals surface area contributed by atoms with Crippen molar-refractivity contribution in [2.24, 2.45) is 17.8 Å². The zero-order valence-corrected chi connectivity index (χ0v) is 27.3. The van der Waals surface area contributed by atoms with E-state index >= 15 is 0 Å². The third kappa shape index (κ3) is 7.06. The minimum atomic E-state index is -3.80. The van der Waals surface area contributed by atoms with Crippen molar-refractivity contribution in [2.45, 2.75) is 89.6 Å². The molecular formula is C34H46ClN3O4S. The van der Waals surface area contributed by atoms with Crippen LogP contribution in [-0.4, -0.2) is 50.5 Å². The number of hydrogen-bond acceptors (Lipinski definition) is 4. The van der Waals surface area contributed by atoms with E-state index in [1.165, 1.54) is 53.3 Å². The maximum absolute atomic E-state index is 14.0. The minimum Gasteiger partial charge on any atom is -0.354 e. The van der Waals surface area contributed by atoms with E-state index in [4.69, 9.17) is 11.6 Å². The second-order valence-electron chi connectivity index (χ2n) is 13.2. The molecule has 234 valence electrons. The highest BCUT2D eigenvalue weighted by atomic mass is 35.5. The van der Waals surface area contributed by atoms with Crippen LogP contribution in [0.3, 0.4) is 0 Å². The highest BCUT2D eigenvalue weighted by Crippen LogP contribution is 2.60. The molecular weight excluding hydrogens is 582 g/mol. The molecule has 7 nitrogen and oxygen atoms in total. The van der Waals surface area contributed by atoms with Crippen molar-refractivity contribution in [3.8, 4) is 0 Å². The van der Waals surface area contributed by atoms with Crippen molar-refractivity contribution in [1.29, 1.82) is 0 Å². The molecule has 4 fully saturated rings. The average molecular weight is 628 g/mol. The summed E-state index contributed by atoms with van der Waals surface area (Å²) in [7, 11) is -3.80. The number of carbonyl (C=O) groups excluding carboxylic acids is 2. The molecule has 0 spiro atoms. The van der Waals surface area contributed by atoms with Gasteiger partial charge in [0.25, 0.3) is 0 Å². The highest BCUT2D eigenvalue weighted by Gasteiger charge is 2.51. The van der Waals surface area contributed by atoms with Gasteiger partial charge in [-0.05, 0) is 104 Å². The van der Waals surface area contributed by atoms with Gasteiger partial charge >= 0.3 is 0 Å². The van der Waals surface area contributed by atoms with E-state index in [0.717, 1.165) is 36.9 Å². The molecule has 1 atom stereocenters. The Morgan fingerprint density at radius 1 is 0.977 bits per heavy atom. The zero-order chi connectivity index (χ0) is 30.8. The smallest absolute Gasteiger partial charge is 0.244 e. The largest absolute Gasteiger partial charge is 0.354 e. The topological polar surface area (TPSA) is 86.8 Å². The molecule has 0 aromatic heterocycles. The van der Waals surface area contributed by atoms with Crippen LogP contribution in [0.5, 0.6) is 0 Å². The summed E-state index contributed by atoms with van der Waals surface area (Å²) in [6.07, 6.45) is 11.0. The van der Waals surface area contributed by atoms with Crippen LogP contribution in [0.25, 0.3) is 0 Å². The van der Waals surface area contributed by atoms with Crippen molar-refractivity contribution in [2.75, 3.05) is 23.7 Å². The average Bonchev–Trinajstić information content (AvgIpc) is 2.95. The third-order valence-corrected chi connectivity index (χ3v) is 11.5. The van der Waals surface area contributed by atoms with Crippen molar-refractivity contribution in [3.05, 3.63) is 64.7 Å². The van der Waals surface area contributed by atoms with Gasteiger partial charge in [-0.15, -0.1) is 0 Å². The minimum absolute atomic E-state index is 0.0980. The molecule has 4 aliphatic rings. The van der Waals surface area contributed by atoms with Gasteiger partial charge < -0.3 is 10.2 Å². The van der Waals surface area contributed by atoms with Gasteiger partial charge in [0.2, 0.25) is 21.8 Å². The first-order valence-electron chi connectivity index (χ1n) is 15.9. The highest BCUT2D eigenvalue weighted by molar-refractivity contribution is 7.92. The fraction of sp³-hybridized carbons (Fsp3) is 0.588. The molecule has 2 amide bonds. The van der Waals surface area contributed by atoms with E-state index in [0.29, 0.717) is 29.2 Å². The van der Waals surface area contributed by atoms with E-state index in [1.54, 1.807) is 6.07 Å². The quantitative estimate of drug-likeness (QED) is 0.264. The molecule has 9 heteroatoms. The molecule has 2 aromatic rings. The lowest BCUT2D eigenvalue weighted by Gasteiger charge is -2.57. The van der Waals surface area contributed by atoms with Gasteiger partial charge in [-0.2, -0.15) is 0 Å². The summed E-state index contributed by atoms with van der Waals surface area (Å²) in [6.45, 7) is 4.12. The Kier molecular flexibility index (Phi) is 9.76. The lowest BCUT2D eigenvalue weighted by Crippen LogP contribution is -2.52. The first-order chi connectivity index (χ1) is 20.5. The fourth-order valence-corrected chi connectivity index (χ4v) is 9.34. The maximum Gasteiger partial charge on any atom is 0.244 e. The predicted molar refractivity (Wildman–Crippen MR) is 172 cm³/mol. The molecule has 0 heterocycles. The van der Waals surface area contributed by atoms with E-state index in [2.05, 4.69) is 17.4 Å². The first-order valence-corrected chi connectivity index (χ1v) is 18.1. The van der Waals surface area contributed by atoms with Gasteiger partial charge in [0.15, 0.2) is 0 Å². The number of rotatable bonds is 13. The third-order valence-electron chi connectivity index (χ3n) is 10.00. The predicted octanol–water partition coefficient (Wildman–Crippen LogP) is 6.30. The number of sulfonamides is 1. The van der Waals surface area contributed by atoms with Crippen LogP contribution in [-0.2, 0) is 31.6 Å². The summed E-state index contributed by atoms with van der Waals surface area (Å²) in [5.74, 6) is 1.73. The van der Waals surface area contributed by atoms with E-state index < -0.39 is 28.5 Å². The number of halogens is 1. The number of unbranched alkanes of at least 4 members (excludes halogenated alkanes) is 1. The molecule has 0 aliphatic heterocycles. The summed E-state index contributed by atoms with van der Waals surface area (Å²) in [5, 5.41) is 3.44. The summed E-state index contributed by atoms with van der Waals surface area (Å²) in [4.78, 5) is 28.7. The number of nitrogens with zero attached hydrogens (tertiary/aromatic N) is 2. The molecule has 0 saturated heterocycles. The molecule has 43 heavy (non-hydrogen) atoms. The second kappa shape index (κ2) is 13.2. The molecule has 0 radical (unpaired) electrons. The van der Waals surface area contributed by atoms with Gasteiger partial charge in [-0.3, -0.25) is 13.9 Å². The summed E-state index contributed by atoms with van der Waals surface area (Å²) < 4.78 is 27.4. The van der Waals surface area contributed by atoms with Crippen molar-refractivity contribution >= 4 is 39.1 Å². The van der Waals surface area contributed by atoms with Crippen LogP contribution in [0.4, 0.5) is 5.69 Å². The molecule has 4 saturated carbocycles. The zero-order valence-electron chi connectivity index (χ0n) is 25.7. The van der Waals surface area contributed by atoms with Gasteiger partial charge in [0.05, 0.1) is 11.9 Å². The Balaban J connectivity index is 1.39. The SMILES string of the molecule is CCCCNC(=O)[C@@H](CC)N(Cc1ccccc1Cl)C(=O)CN(c1ccc(C23CC4CC(CC(C4)C2)C3)cc1)S(C)(=O)=O. The van der Waals surface area contributed by atoms with E-state index in [1.807, 2.05) is 44.2 Å². The number of amides is 2. The maximum atomic E-state index is 14.0. The van der Waals surface area contributed by atoms with Gasteiger partial charge in [0, 0.05) is 18.1 Å². The van der Waals surface area contributed by atoms with Crippen molar-refractivity contribution in [1.82, 2.24) is 10.2 Å². The van der Waals surface area contributed by atoms with E-state index in [-0.39, 0.29) is 17.9 Å². The Bertz CT molecular complexity index is 1380. The van der Waals surface area contributed by atoms with Crippen molar-refractivity contribution in [3.63, 3.8) is 0 Å². The number of nitrogens with one attached hydrogen (secondary N) is 1. The van der Waals surface area contributed by atoms with Crippen LogP contribution in [0, 0.1) is 17.8 Å². The molecule has 0 unspecified atom stereocenters. The summed E-state index contributed by atoms with van der Waals surface area (Å²) >= 11 is 6.46. The van der Waals surface area contributed by atoms with Crippen LogP contribution in [0.15, 0.2) is 48.5 Å². The van der Waals surface area contributed by atoms with Crippen molar-refractivity contribution < 1.29 is 18.0 Å².